The van der Waals surface area contributed by atoms with Crippen molar-refractivity contribution in [3.05, 3.63) is 35.4 Å². The number of rotatable bonds is 3. The van der Waals surface area contributed by atoms with Crippen LogP contribution >= 0.6 is 0 Å². The standard InChI is InChI=1S/C19H21F3N2O4/c20-19(21,22)16(11-25)28-17(26)24-6-4-18(5-7-24)9-15(12-27-18)14-3-1-2-13(8-14)10-23/h1-3,8,15-16,25H,4-7,9,11-12H2/t15-,16-/m1/s1. The van der Waals surface area contributed by atoms with Crippen LogP contribution in [0, 0.1) is 11.3 Å². The molecule has 3 rings (SSSR count). The molecule has 28 heavy (non-hydrogen) atoms. The van der Waals surface area contributed by atoms with Crippen LogP contribution in [0.1, 0.15) is 36.3 Å². The van der Waals surface area contributed by atoms with E-state index in [1.807, 2.05) is 18.2 Å². The number of hydrogen-bond donors (Lipinski definition) is 1. The zero-order chi connectivity index (χ0) is 20.4. The molecule has 1 spiro atoms. The van der Waals surface area contributed by atoms with Gasteiger partial charge in [-0.25, -0.2) is 4.79 Å². The van der Waals surface area contributed by atoms with Gasteiger partial charge in [0.25, 0.3) is 0 Å². The number of carbonyl (C=O) groups is 1. The summed E-state index contributed by atoms with van der Waals surface area (Å²) < 4.78 is 48.4. The molecular weight excluding hydrogens is 377 g/mol. The number of nitrogens with zero attached hydrogens (tertiary/aromatic N) is 2. The Hall–Kier alpha value is -2.31. The molecule has 2 heterocycles. The SMILES string of the molecule is N#Cc1cccc([C@H]2COC3(CCN(C(=O)O[C@H](CO)C(F)(F)F)CC3)C2)c1. The molecule has 1 aromatic rings. The molecule has 1 amide bonds. The van der Waals surface area contributed by atoms with E-state index in [0.717, 1.165) is 12.0 Å². The maximum atomic E-state index is 12.7. The minimum Gasteiger partial charge on any atom is -0.434 e. The zero-order valence-electron chi connectivity index (χ0n) is 15.1. The van der Waals surface area contributed by atoms with E-state index in [-0.39, 0.29) is 19.0 Å². The number of amides is 1. The third-order valence-electron chi connectivity index (χ3n) is 5.40. The van der Waals surface area contributed by atoms with E-state index < -0.39 is 30.6 Å². The van der Waals surface area contributed by atoms with Crippen LogP contribution in [0.5, 0.6) is 0 Å². The van der Waals surface area contributed by atoms with E-state index in [9.17, 15) is 18.0 Å². The second-order valence-electron chi connectivity index (χ2n) is 7.22. The fourth-order valence-corrected chi connectivity index (χ4v) is 3.77. The number of halogens is 3. The molecule has 0 unspecified atom stereocenters. The van der Waals surface area contributed by atoms with Crippen molar-refractivity contribution >= 4 is 6.09 Å². The first-order valence-corrected chi connectivity index (χ1v) is 9.03. The minimum atomic E-state index is -4.80. The first-order valence-electron chi connectivity index (χ1n) is 9.03. The largest absolute Gasteiger partial charge is 0.434 e. The molecule has 0 aliphatic carbocycles. The molecule has 0 aromatic heterocycles. The van der Waals surface area contributed by atoms with Crippen LogP contribution in [0.15, 0.2) is 24.3 Å². The first kappa shape index (κ1) is 20.4. The van der Waals surface area contributed by atoms with Crippen molar-refractivity contribution < 1.29 is 32.5 Å². The molecule has 2 aliphatic heterocycles. The Bertz CT molecular complexity index is 754. The highest BCUT2D eigenvalue weighted by Crippen LogP contribution is 2.43. The summed E-state index contributed by atoms with van der Waals surface area (Å²) in [5, 5.41) is 17.8. The Morgan fingerprint density at radius 1 is 1.43 bits per heavy atom. The molecule has 2 atom stereocenters. The zero-order valence-corrected chi connectivity index (χ0v) is 15.1. The highest BCUT2D eigenvalue weighted by Gasteiger charge is 2.46. The van der Waals surface area contributed by atoms with Gasteiger partial charge >= 0.3 is 12.3 Å². The fourth-order valence-electron chi connectivity index (χ4n) is 3.77. The van der Waals surface area contributed by atoms with E-state index in [2.05, 4.69) is 10.8 Å². The summed E-state index contributed by atoms with van der Waals surface area (Å²) in [5.41, 5.74) is 1.18. The van der Waals surface area contributed by atoms with Crippen LogP contribution in [0.2, 0.25) is 0 Å². The topological polar surface area (TPSA) is 82.8 Å². The van der Waals surface area contributed by atoms with Crippen molar-refractivity contribution in [2.75, 3.05) is 26.3 Å². The molecule has 1 aromatic carbocycles. The Labute approximate surface area is 160 Å². The molecule has 0 radical (unpaired) electrons. The summed E-state index contributed by atoms with van der Waals surface area (Å²) in [6.45, 7) is -0.362. The summed E-state index contributed by atoms with van der Waals surface area (Å²) in [7, 11) is 0. The number of nitriles is 1. The molecule has 0 bridgehead atoms. The van der Waals surface area contributed by atoms with E-state index in [0.29, 0.717) is 25.0 Å². The van der Waals surface area contributed by atoms with Crippen molar-refractivity contribution in [3.63, 3.8) is 0 Å². The second kappa shape index (κ2) is 7.97. The Kier molecular flexibility index (Phi) is 5.82. The number of likely N-dealkylation sites (tertiary alicyclic amines) is 1. The van der Waals surface area contributed by atoms with Gasteiger partial charge < -0.3 is 19.5 Å². The number of piperidine rings is 1. The predicted octanol–water partition coefficient (Wildman–Crippen LogP) is 2.96. The molecular formula is C19H21F3N2O4. The van der Waals surface area contributed by atoms with Crippen LogP contribution in [-0.4, -0.2) is 60.3 Å². The van der Waals surface area contributed by atoms with Crippen molar-refractivity contribution in [2.24, 2.45) is 0 Å². The lowest BCUT2D eigenvalue weighted by atomic mass is 9.83. The van der Waals surface area contributed by atoms with Crippen molar-refractivity contribution in [3.8, 4) is 6.07 Å². The van der Waals surface area contributed by atoms with E-state index in [4.69, 9.17) is 15.1 Å². The summed E-state index contributed by atoms with van der Waals surface area (Å²) in [5.74, 6) is 0.135. The Balaban J connectivity index is 1.56. The lowest BCUT2D eigenvalue weighted by Crippen LogP contribution is -2.48. The van der Waals surface area contributed by atoms with Crippen molar-refractivity contribution in [1.82, 2.24) is 4.90 Å². The summed E-state index contributed by atoms with van der Waals surface area (Å²) >= 11 is 0. The second-order valence-corrected chi connectivity index (χ2v) is 7.22. The number of aliphatic hydroxyl groups is 1. The van der Waals surface area contributed by atoms with Crippen LogP contribution in [0.3, 0.4) is 0 Å². The van der Waals surface area contributed by atoms with Crippen LogP contribution in [-0.2, 0) is 9.47 Å². The lowest BCUT2D eigenvalue weighted by molar-refractivity contribution is -0.215. The quantitative estimate of drug-likeness (QED) is 0.847. The molecule has 2 fully saturated rings. The molecule has 152 valence electrons. The highest BCUT2D eigenvalue weighted by atomic mass is 19.4. The molecule has 2 saturated heterocycles. The van der Waals surface area contributed by atoms with Crippen LogP contribution < -0.4 is 0 Å². The van der Waals surface area contributed by atoms with E-state index >= 15 is 0 Å². The Morgan fingerprint density at radius 3 is 2.75 bits per heavy atom. The molecule has 9 heteroatoms. The summed E-state index contributed by atoms with van der Waals surface area (Å²) in [4.78, 5) is 13.2. The van der Waals surface area contributed by atoms with Crippen LogP contribution in [0.25, 0.3) is 0 Å². The normalized spacial score (nSPS) is 22.7. The molecule has 1 N–H and O–H groups in total. The maximum Gasteiger partial charge on any atom is 0.427 e. The number of alkyl halides is 3. The molecule has 2 aliphatic rings. The highest BCUT2D eigenvalue weighted by molar-refractivity contribution is 5.68. The van der Waals surface area contributed by atoms with Gasteiger partial charge in [-0.2, -0.15) is 18.4 Å². The average molecular weight is 398 g/mol. The Morgan fingerprint density at radius 2 is 2.14 bits per heavy atom. The third-order valence-corrected chi connectivity index (χ3v) is 5.40. The minimum absolute atomic E-state index is 0.135. The predicted molar refractivity (Wildman–Crippen MR) is 91.4 cm³/mol. The number of benzene rings is 1. The van der Waals surface area contributed by atoms with Gasteiger partial charge in [-0.05, 0) is 37.0 Å². The summed E-state index contributed by atoms with van der Waals surface area (Å²) in [6.07, 6.45) is -6.69. The van der Waals surface area contributed by atoms with Gasteiger partial charge in [0, 0.05) is 19.0 Å². The van der Waals surface area contributed by atoms with Gasteiger partial charge in [-0.1, -0.05) is 12.1 Å². The smallest absolute Gasteiger partial charge is 0.427 e. The van der Waals surface area contributed by atoms with Gasteiger partial charge in [0.1, 0.15) is 0 Å². The monoisotopic (exact) mass is 398 g/mol. The van der Waals surface area contributed by atoms with E-state index in [1.54, 1.807) is 6.07 Å². The van der Waals surface area contributed by atoms with Gasteiger partial charge in [0.15, 0.2) is 0 Å². The van der Waals surface area contributed by atoms with Gasteiger partial charge in [-0.15, -0.1) is 0 Å². The van der Waals surface area contributed by atoms with Crippen molar-refractivity contribution in [2.45, 2.75) is 43.1 Å². The first-order chi connectivity index (χ1) is 13.3. The van der Waals surface area contributed by atoms with E-state index in [1.165, 1.54) is 4.90 Å². The average Bonchev–Trinajstić information content (AvgIpc) is 3.09. The van der Waals surface area contributed by atoms with Crippen LogP contribution in [0.4, 0.5) is 18.0 Å². The summed E-state index contributed by atoms with van der Waals surface area (Å²) in [6, 6.07) is 9.47. The maximum absolute atomic E-state index is 12.7. The number of ether oxygens (including phenoxy) is 2. The number of aliphatic hydroxyl groups excluding tert-OH is 1. The fraction of sp³-hybridized carbons (Fsp3) is 0.579. The molecule has 0 saturated carbocycles. The van der Waals surface area contributed by atoms with Gasteiger partial charge in [0.05, 0.1) is 30.4 Å². The lowest BCUT2D eigenvalue weighted by Gasteiger charge is -2.38. The van der Waals surface area contributed by atoms with Crippen molar-refractivity contribution in [1.29, 1.82) is 5.26 Å². The third kappa shape index (κ3) is 4.39. The number of carbonyl (C=O) groups excluding carboxylic acids is 1. The number of hydrogen-bond acceptors (Lipinski definition) is 5. The van der Waals surface area contributed by atoms with Gasteiger partial charge in [-0.3, -0.25) is 0 Å². The molecule has 6 nitrogen and oxygen atoms in total. The van der Waals surface area contributed by atoms with Gasteiger partial charge in [0.2, 0.25) is 6.10 Å².